The highest BCUT2D eigenvalue weighted by Crippen LogP contribution is 2.05. The molecule has 1 amide bonds. The Labute approximate surface area is 82.4 Å². The Balaban J connectivity index is 2.40. The van der Waals surface area contributed by atoms with E-state index in [2.05, 4.69) is 10.6 Å². The zero-order valence-corrected chi connectivity index (χ0v) is 8.53. The molecule has 0 aliphatic rings. The van der Waals surface area contributed by atoms with E-state index >= 15 is 0 Å². The summed E-state index contributed by atoms with van der Waals surface area (Å²) in [5.74, 6) is 0.153. The van der Waals surface area contributed by atoms with E-state index in [1.54, 1.807) is 6.92 Å². The van der Waals surface area contributed by atoms with Crippen LogP contribution in [0.2, 0.25) is 0 Å². The molecule has 1 aromatic rings. The Morgan fingerprint density at radius 2 is 2.43 bits per heavy atom. The van der Waals surface area contributed by atoms with Gasteiger partial charge in [-0.3, -0.25) is 9.63 Å². The predicted molar refractivity (Wildman–Crippen MR) is 49.5 cm³/mol. The van der Waals surface area contributed by atoms with Gasteiger partial charge in [-0.05, 0) is 12.8 Å². The highest BCUT2D eigenvalue weighted by atomic mass is 16.7. The normalized spacial score (nSPS) is 10.6. The van der Waals surface area contributed by atoms with Crippen molar-refractivity contribution in [3.05, 3.63) is 17.5 Å². The van der Waals surface area contributed by atoms with Gasteiger partial charge in [-0.15, -0.1) is 0 Å². The van der Waals surface area contributed by atoms with Crippen LogP contribution in [0.5, 0.6) is 0 Å². The second kappa shape index (κ2) is 4.76. The first kappa shape index (κ1) is 10.7. The molecular weight excluding hydrogens is 184 g/mol. The molecule has 1 N–H and O–H groups in total. The molecule has 14 heavy (non-hydrogen) atoms. The molecule has 5 heteroatoms. The van der Waals surface area contributed by atoms with Crippen molar-refractivity contribution in [2.24, 2.45) is 5.92 Å². The second-order valence-electron chi connectivity index (χ2n) is 3.47. The van der Waals surface area contributed by atoms with Gasteiger partial charge in [-0.2, -0.15) is 0 Å². The Kier molecular flexibility index (Phi) is 3.64. The van der Waals surface area contributed by atoms with Gasteiger partial charge >= 0.3 is 5.91 Å². The summed E-state index contributed by atoms with van der Waals surface area (Å²) in [6.07, 6.45) is 1.48. The predicted octanol–water partition coefficient (Wildman–Crippen LogP) is 1.30. The minimum Gasteiger partial charge on any atom is -0.351 e. The number of amides is 1. The van der Waals surface area contributed by atoms with Crippen molar-refractivity contribution in [3.8, 4) is 0 Å². The number of hydroxylamine groups is 1. The van der Waals surface area contributed by atoms with Crippen molar-refractivity contribution in [1.29, 1.82) is 0 Å². The van der Waals surface area contributed by atoms with E-state index in [1.165, 1.54) is 6.20 Å². The SMILES string of the molecule is Cc1cnoc1C(=O)NOCC(C)C. The molecule has 0 saturated heterocycles. The number of aryl methyl sites for hydroxylation is 1. The number of nitrogens with zero attached hydrogens (tertiary/aromatic N) is 1. The Morgan fingerprint density at radius 3 is 2.93 bits per heavy atom. The third kappa shape index (κ3) is 2.85. The smallest absolute Gasteiger partial charge is 0.313 e. The molecule has 5 nitrogen and oxygen atoms in total. The molecule has 0 unspecified atom stereocenters. The third-order valence-corrected chi connectivity index (χ3v) is 1.54. The van der Waals surface area contributed by atoms with E-state index in [1.807, 2.05) is 13.8 Å². The van der Waals surface area contributed by atoms with Crippen molar-refractivity contribution in [2.75, 3.05) is 6.61 Å². The van der Waals surface area contributed by atoms with Crippen molar-refractivity contribution < 1.29 is 14.2 Å². The van der Waals surface area contributed by atoms with Crippen LogP contribution in [0.25, 0.3) is 0 Å². The van der Waals surface area contributed by atoms with Crippen LogP contribution in [-0.4, -0.2) is 17.7 Å². The van der Waals surface area contributed by atoms with Gasteiger partial charge in [0.2, 0.25) is 5.76 Å². The molecule has 0 fully saturated rings. The lowest BCUT2D eigenvalue weighted by Crippen LogP contribution is -2.25. The highest BCUT2D eigenvalue weighted by molar-refractivity contribution is 5.91. The molecule has 0 spiro atoms. The molecule has 0 saturated carbocycles. The summed E-state index contributed by atoms with van der Waals surface area (Å²) in [5, 5.41) is 3.49. The molecule has 0 radical (unpaired) electrons. The van der Waals surface area contributed by atoms with Gasteiger partial charge in [0.25, 0.3) is 0 Å². The quantitative estimate of drug-likeness (QED) is 0.740. The van der Waals surface area contributed by atoms with E-state index in [0.717, 1.165) is 0 Å². The van der Waals surface area contributed by atoms with E-state index in [0.29, 0.717) is 18.1 Å². The van der Waals surface area contributed by atoms with Crippen LogP contribution in [0, 0.1) is 12.8 Å². The maximum atomic E-state index is 11.3. The monoisotopic (exact) mass is 198 g/mol. The molecule has 0 aromatic carbocycles. The van der Waals surface area contributed by atoms with Gasteiger partial charge < -0.3 is 4.52 Å². The van der Waals surface area contributed by atoms with Gasteiger partial charge in [-0.25, -0.2) is 5.48 Å². The van der Waals surface area contributed by atoms with Crippen LogP contribution in [0.1, 0.15) is 30.0 Å². The van der Waals surface area contributed by atoms with Gasteiger partial charge in [0, 0.05) is 5.56 Å². The summed E-state index contributed by atoms with van der Waals surface area (Å²) < 4.78 is 4.74. The van der Waals surface area contributed by atoms with Crippen molar-refractivity contribution >= 4 is 5.91 Å². The van der Waals surface area contributed by atoms with Crippen LogP contribution >= 0.6 is 0 Å². The highest BCUT2D eigenvalue weighted by Gasteiger charge is 2.13. The summed E-state index contributed by atoms with van der Waals surface area (Å²) in [5.41, 5.74) is 2.97. The van der Waals surface area contributed by atoms with Crippen molar-refractivity contribution in [1.82, 2.24) is 10.6 Å². The molecule has 0 bridgehead atoms. The number of rotatable bonds is 4. The first-order valence-electron chi connectivity index (χ1n) is 4.44. The molecule has 1 heterocycles. The lowest BCUT2D eigenvalue weighted by atomic mass is 10.2. The van der Waals surface area contributed by atoms with E-state index in [-0.39, 0.29) is 5.76 Å². The van der Waals surface area contributed by atoms with Crippen molar-refractivity contribution in [2.45, 2.75) is 20.8 Å². The van der Waals surface area contributed by atoms with Crippen LogP contribution in [0.15, 0.2) is 10.7 Å². The summed E-state index contributed by atoms with van der Waals surface area (Å²) in [6, 6.07) is 0. The zero-order chi connectivity index (χ0) is 10.6. The minimum atomic E-state index is -0.402. The molecule has 0 atom stereocenters. The second-order valence-corrected chi connectivity index (χ2v) is 3.47. The van der Waals surface area contributed by atoms with Gasteiger partial charge in [-0.1, -0.05) is 19.0 Å². The fourth-order valence-electron chi connectivity index (χ4n) is 0.830. The molecule has 1 aromatic heterocycles. The van der Waals surface area contributed by atoms with Gasteiger partial charge in [0.05, 0.1) is 12.8 Å². The number of nitrogens with one attached hydrogen (secondary N) is 1. The maximum absolute atomic E-state index is 11.3. The lowest BCUT2D eigenvalue weighted by molar-refractivity contribution is 0.0182. The number of carbonyl (C=O) groups excluding carboxylic acids is 1. The number of aromatic nitrogens is 1. The summed E-state index contributed by atoms with van der Waals surface area (Å²) >= 11 is 0. The fraction of sp³-hybridized carbons (Fsp3) is 0.556. The lowest BCUT2D eigenvalue weighted by Gasteiger charge is -2.05. The van der Waals surface area contributed by atoms with Crippen LogP contribution in [0.4, 0.5) is 0 Å². The topological polar surface area (TPSA) is 64.4 Å². The summed E-state index contributed by atoms with van der Waals surface area (Å²) in [4.78, 5) is 16.3. The van der Waals surface area contributed by atoms with Gasteiger partial charge in [0.1, 0.15) is 0 Å². The van der Waals surface area contributed by atoms with Crippen LogP contribution in [-0.2, 0) is 4.84 Å². The first-order chi connectivity index (χ1) is 6.61. The Bertz CT molecular complexity index is 307. The third-order valence-electron chi connectivity index (χ3n) is 1.54. The van der Waals surface area contributed by atoms with Crippen LogP contribution in [0.3, 0.4) is 0 Å². The average Bonchev–Trinajstić information content (AvgIpc) is 2.50. The molecule has 1 rings (SSSR count). The Morgan fingerprint density at radius 1 is 1.71 bits per heavy atom. The summed E-state index contributed by atoms with van der Waals surface area (Å²) in [6.45, 7) is 6.20. The van der Waals surface area contributed by atoms with E-state index in [9.17, 15) is 4.79 Å². The van der Waals surface area contributed by atoms with E-state index in [4.69, 9.17) is 9.36 Å². The number of hydrogen-bond acceptors (Lipinski definition) is 4. The molecule has 0 aliphatic carbocycles. The average molecular weight is 198 g/mol. The van der Waals surface area contributed by atoms with Gasteiger partial charge in [0.15, 0.2) is 0 Å². The van der Waals surface area contributed by atoms with Crippen LogP contribution < -0.4 is 5.48 Å². The molecule has 0 aliphatic heterocycles. The first-order valence-corrected chi connectivity index (χ1v) is 4.44. The number of hydrogen-bond donors (Lipinski definition) is 1. The summed E-state index contributed by atoms with van der Waals surface area (Å²) in [7, 11) is 0. The van der Waals surface area contributed by atoms with Crippen molar-refractivity contribution in [3.63, 3.8) is 0 Å². The van der Waals surface area contributed by atoms with E-state index < -0.39 is 5.91 Å². The fourth-order valence-corrected chi connectivity index (χ4v) is 0.830. The molecule has 78 valence electrons. The standard InChI is InChI=1S/C9H14N2O3/c1-6(2)5-13-11-9(12)8-7(3)4-10-14-8/h4,6H,5H2,1-3H3,(H,11,12). The zero-order valence-electron chi connectivity index (χ0n) is 8.53. The number of carbonyl (C=O) groups is 1. The maximum Gasteiger partial charge on any atom is 0.313 e. The minimum absolute atomic E-state index is 0.189. The largest absolute Gasteiger partial charge is 0.351 e. The Hall–Kier alpha value is -1.36. The molecular formula is C9H14N2O3.